The Labute approximate surface area is 107 Å². The topological polar surface area (TPSA) is 44.1 Å². The second-order valence-corrected chi connectivity index (χ2v) is 5.88. The summed E-state index contributed by atoms with van der Waals surface area (Å²) < 4.78 is 0. The largest absolute Gasteiger partial charge is 0.334 e. The molecule has 0 aliphatic rings. The first kappa shape index (κ1) is 13.7. The highest BCUT2D eigenvalue weighted by atomic mass is 32.1. The van der Waals surface area contributed by atoms with Crippen molar-refractivity contribution in [1.82, 2.24) is 4.90 Å². The summed E-state index contributed by atoms with van der Waals surface area (Å²) in [6.45, 7) is 7.86. The third-order valence-electron chi connectivity index (χ3n) is 2.60. The summed E-state index contributed by atoms with van der Waals surface area (Å²) in [6.07, 6.45) is 0. The lowest BCUT2D eigenvalue weighted by atomic mass is 9.93. The molecule has 1 amide bonds. The molecule has 0 N–H and O–H groups in total. The highest BCUT2D eigenvalue weighted by Gasteiger charge is 2.33. The molecule has 1 aromatic rings. The normalized spacial score (nSPS) is 11.3. The molecule has 0 saturated carbocycles. The van der Waals surface area contributed by atoms with Crippen LogP contribution in [0.1, 0.15) is 32.6 Å². The Morgan fingerprint density at radius 1 is 1.59 bits per heavy atom. The Kier molecular flexibility index (Phi) is 4.30. The summed E-state index contributed by atoms with van der Waals surface area (Å²) in [6, 6.07) is 6.14. The quantitative estimate of drug-likeness (QED) is 0.824. The van der Waals surface area contributed by atoms with Gasteiger partial charge in [-0.15, -0.1) is 11.3 Å². The molecule has 0 aliphatic carbocycles. The molecule has 4 heteroatoms. The molecule has 1 aromatic heterocycles. The molecule has 0 saturated heterocycles. The Hall–Kier alpha value is -1.34. The summed E-state index contributed by atoms with van der Waals surface area (Å²) in [4.78, 5) is 15.2. The zero-order chi connectivity index (χ0) is 13.1. The molecule has 0 atom stereocenters. The number of hydrogen-bond donors (Lipinski definition) is 0. The molecular formula is C13H18N2OS. The number of carbonyl (C=O) groups excluding carboxylic acids is 1. The number of nitrogens with zero attached hydrogens (tertiary/aromatic N) is 2. The van der Waals surface area contributed by atoms with Gasteiger partial charge in [-0.1, -0.05) is 6.07 Å². The minimum Gasteiger partial charge on any atom is -0.334 e. The summed E-state index contributed by atoms with van der Waals surface area (Å²) in [5.74, 6) is -0.108. The minimum atomic E-state index is -0.957. The first-order chi connectivity index (χ1) is 7.88. The Balaban J connectivity index is 2.88. The fourth-order valence-electron chi connectivity index (χ4n) is 1.47. The molecule has 0 fully saturated rings. The smallest absolute Gasteiger partial charge is 0.243 e. The van der Waals surface area contributed by atoms with E-state index in [9.17, 15) is 4.79 Å². The van der Waals surface area contributed by atoms with Gasteiger partial charge >= 0.3 is 0 Å². The van der Waals surface area contributed by atoms with Gasteiger partial charge in [0.05, 0.1) is 12.6 Å². The van der Waals surface area contributed by atoms with E-state index >= 15 is 0 Å². The second kappa shape index (κ2) is 5.33. The first-order valence-electron chi connectivity index (χ1n) is 5.63. The fourth-order valence-corrected chi connectivity index (χ4v) is 2.17. The molecule has 17 heavy (non-hydrogen) atoms. The van der Waals surface area contributed by atoms with Crippen molar-refractivity contribution in [3.8, 4) is 6.07 Å². The molecule has 0 aliphatic heterocycles. The predicted molar refractivity (Wildman–Crippen MR) is 69.4 cm³/mol. The lowest BCUT2D eigenvalue weighted by Gasteiger charge is -2.31. The number of rotatable bonds is 4. The number of amides is 1. The van der Waals surface area contributed by atoms with Gasteiger partial charge in [0, 0.05) is 10.9 Å². The predicted octanol–water partition coefficient (Wildman–Crippen LogP) is 3.03. The van der Waals surface area contributed by atoms with Gasteiger partial charge in [0.15, 0.2) is 0 Å². The first-order valence-corrected chi connectivity index (χ1v) is 6.51. The molecule has 1 heterocycles. The fraction of sp³-hybridized carbons (Fsp3) is 0.538. The van der Waals surface area contributed by atoms with Crippen molar-refractivity contribution in [3.63, 3.8) is 0 Å². The zero-order valence-electron chi connectivity index (χ0n) is 10.7. The van der Waals surface area contributed by atoms with Crippen LogP contribution < -0.4 is 0 Å². The van der Waals surface area contributed by atoms with Gasteiger partial charge in [-0.2, -0.15) is 5.26 Å². The van der Waals surface area contributed by atoms with Gasteiger partial charge in [0.1, 0.15) is 5.41 Å². The zero-order valence-corrected chi connectivity index (χ0v) is 11.5. The molecule has 0 bridgehead atoms. The van der Waals surface area contributed by atoms with Gasteiger partial charge in [-0.3, -0.25) is 4.79 Å². The van der Waals surface area contributed by atoms with Crippen molar-refractivity contribution in [2.45, 2.75) is 40.3 Å². The van der Waals surface area contributed by atoms with Crippen LogP contribution in [0.15, 0.2) is 17.5 Å². The molecular weight excluding hydrogens is 232 g/mol. The van der Waals surface area contributed by atoms with Gasteiger partial charge < -0.3 is 4.90 Å². The highest BCUT2D eigenvalue weighted by Crippen LogP contribution is 2.22. The van der Waals surface area contributed by atoms with Crippen LogP contribution in [0.5, 0.6) is 0 Å². The van der Waals surface area contributed by atoms with E-state index < -0.39 is 5.41 Å². The number of hydrogen-bond acceptors (Lipinski definition) is 3. The Morgan fingerprint density at radius 3 is 2.65 bits per heavy atom. The van der Waals surface area contributed by atoms with Crippen LogP contribution in [0.3, 0.4) is 0 Å². The second-order valence-electron chi connectivity index (χ2n) is 4.84. The molecule has 0 spiro atoms. The van der Waals surface area contributed by atoms with Crippen LogP contribution >= 0.6 is 11.3 Å². The maximum Gasteiger partial charge on any atom is 0.243 e. The summed E-state index contributed by atoms with van der Waals surface area (Å²) in [5.41, 5.74) is -0.957. The molecule has 1 rings (SSSR count). The van der Waals surface area contributed by atoms with Crippen LogP contribution in [0.4, 0.5) is 0 Å². The van der Waals surface area contributed by atoms with Crippen molar-refractivity contribution in [2.24, 2.45) is 5.41 Å². The van der Waals surface area contributed by atoms with Crippen molar-refractivity contribution in [2.75, 3.05) is 0 Å². The summed E-state index contributed by atoms with van der Waals surface area (Å²) in [5, 5.41) is 11.0. The van der Waals surface area contributed by atoms with Crippen LogP contribution in [-0.4, -0.2) is 16.8 Å². The summed E-state index contributed by atoms with van der Waals surface area (Å²) in [7, 11) is 0. The molecule has 0 aromatic carbocycles. The number of nitriles is 1. The van der Waals surface area contributed by atoms with Crippen LogP contribution in [0, 0.1) is 16.7 Å². The number of thiophene rings is 1. The SMILES string of the molecule is CC(C)N(Cc1cccs1)C(=O)C(C)(C)C#N. The van der Waals surface area contributed by atoms with Crippen molar-refractivity contribution < 1.29 is 4.79 Å². The average Bonchev–Trinajstić information content (AvgIpc) is 2.77. The van der Waals surface area contributed by atoms with Gasteiger partial charge in [0.2, 0.25) is 5.91 Å². The van der Waals surface area contributed by atoms with E-state index in [-0.39, 0.29) is 11.9 Å². The van der Waals surface area contributed by atoms with E-state index in [4.69, 9.17) is 5.26 Å². The molecule has 3 nitrogen and oxygen atoms in total. The van der Waals surface area contributed by atoms with E-state index in [2.05, 4.69) is 6.07 Å². The Morgan fingerprint density at radius 2 is 2.24 bits per heavy atom. The maximum atomic E-state index is 12.3. The van der Waals surface area contributed by atoms with E-state index in [1.165, 1.54) is 0 Å². The van der Waals surface area contributed by atoms with Crippen molar-refractivity contribution in [1.29, 1.82) is 5.26 Å². The molecule has 92 valence electrons. The highest BCUT2D eigenvalue weighted by molar-refractivity contribution is 7.09. The standard InChI is InChI=1S/C13H18N2OS/c1-10(2)15(8-11-6-5-7-17-11)12(16)13(3,4)9-14/h5-7,10H,8H2,1-4H3. The van der Waals surface area contributed by atoms with Crippen molar-refractivity contribution in [3.05, 3.63) is 22.4 Å². The van der Waals surface area contributed by atoms with E-state index in [0.717, 1.165) is 4.88 Å². The Bertz CT molecular complexity index is 415. The van der Waals surface area contributed by atoms with E-state index in [1.807, 2.05) is 31.4 Å². The summed E-state index contributed by atoms with van der Waals surface area (Å²) >= 11 is 1.63. The lowest BCUT2D eigenvalue weighted by molar-refractivity contribution is -0.140. The van der Waals surface area contributed by atoms with Crippen LogP contribution in [0.25, 0.3) is 0 Å². The minimum absolute atomic E-state index is 0.0947. The molecule has 0 unspecified atom stereocenters. The monoisotopic (exact) mass is 250 g/mol. The average molecular weight is 250 g/mol. The number of carbonyl (C=O) groups is 1. The van der Waals surface area contributed by atoms with Gasteiger partial charge in [-0.05, 0) is 39.1 Å². The third kappa shape index (κ3) is 3.31. The van der Waals surface area contributed by atoms with E-state index in [1.54, 1.807) is 30.1 Å². The maximum absolute atomic E-state index is 12.3. The van der Waals surface area contributed by atoms with Gasteiger partial charge in [0.25, 0.3) is 0 Å². The van der Waals surface area contributed by atoms with Crippen LogP contribution in [-0.2, 0) is 11.3 Å². The third-order valence-corrected chi connectivity index (χ3v) is 3.47. The van der Waals surface area contributed by atoms with E-state index in [0.29, 0.717) is 6.54 Å². The van der Waals surface area contributed by atoms with Crippen LogP contribution in [0.2, 0.25) is 0 Å². The van der Waals surface area contributed by atoms with Crippen molar-refractivity contribution >= 4 is 17.2 Å². The van der Waals surface area contributed by atoms with Gasteiger partial charge in [-0.25, -0.2) is 0 Å². The molecule has 0 radical (unpaired) electrons. The lowest BCUT2D eigenvalue weighted by Crippen LogP contribution is -2.43.